The maximum atomic E-state index is 12.9. The van der Waals surface area contributed by atoms with Crippen LogP contribution in [0.2, 0.25) is 10.0 Å². The lowest BCUT2D eigenvalue weighted by atomic mass is 10.1. The molecule has 0 aromatic heterocycles. The molecule has 1 aromatic rings. The SMILES string of the molecule is Fc1cc(F)c(Cl)c(C2CO2)c1Cl. The van der Waals surface area contributed by atoms with Crippen LogP contribution in [-0.4, -0.2) is 6.61 Å². The Morgan fingerprint density at radius 2 is 1.69 bits per heavy atom. The third kappa shape index (κ3) is 1.52. The molecular formula is C8H4Cl2F2O. The van der Waals surface area contributed by atoms with Crippen molar-refractivity contribution < 1.29 is 13.5 Å². The first-order valence-electron chi connectivity index (χ1n) is 3.55. The summed E-state index contributed by atoms with van der Waals surface area (Å²) in [7, 11) is 0. The standard InChI is InChI=1S/C8H4Cl2F2O/c9-7-3(11)1-4(12)8(10)6(7)5-2-13-5/h1,5H,2H2. The normalized spacial score (nSPS) is 20.5. The molecule has 1 unspecified atom stereocenters. The Balaban J connectivity index is 2.62. The Kier molecular flexibility index (Phi) is 2.18. The van der Waals surface area contributed by atoms with Crippen LogP contribution in [0.4, 0.5) is 8.78 Å². The minimum Gasteiger partial charge on any atom is -0.368 e. The van der Waals surface area contributed by atoms with Gasteiger partial charge in [-0.25, -0.2) is 8.78 Å². The van der Waals surface area contributed by atoms with Crippen LogP contribution in [0.25, 0.3) is 0 Å². The molecule has 1 heterocycles. The Bertz CT molecular complexity index is 337. The summed E-state index contributed by atoms with van der Waals surface area (Å²) in [5.41, 5.74) is 0.209. The third-order valence-corrected chi connectivity index (χ3v) is 2.57. The zero-order chi connectivity index (χ0) is 9.59. The van der Waals surface area contributed by atoms with Gasteiger partial charge in [0.1, 0.15) is 17.7 Å². The molecule has 1 aromatic carbocycles. The van der Waals surface area contributed by atoms with Crippen LogP contribution in [0.15, 0.2) is 6.07 Å². The molecule has 0 N–H and O–H groups in total. The number of ether oxygens (including phenoxy) is 1. The molecule has 0 bridgehead atoms. The van der Waals surface area contributed by atoms with Crippen molar-refractivity contribution in [2.45, 2.75) is 6.10 Å². The predicted molar refractivity (Wildman–Crippen MR) is 45.1 cm³/mol. The smallest absolute Gasteiger partial charge is 0.145 e. The van der Waals surface area contributed by atoms with Crippen molar-refractivity contribution in [3.05, 3.63) is 33.3 Å². The van der Waals surface area contributed by atoms with Crippen LogP contribution in [0.5, 0.6) is 0 Å². The molecule has 0 radical (unpaired) electrons. The van der Waals surface area contributed by atoms with Gasteiger partial charge in [0.05, 0.1) is 16.7 Å². The van der Waals surface area contributed by atoms with Crippen LogP contribution in [0.1, 0.15) is 11.7 Å². The minimum absolute atomic E-state index is 0.158. The number of halogens is 4. The van der Waals surface area contributed by atoms with Gasteiger partial charge in [-0.1, -0.05) is 23.2 Å². The molecule has 1 nitrogen and oxygen atoms in total. The maximum absolute atomic E-state index is 12.9. The van der Waals surface area contributed by atoms with E-state index >= 15 is 0 Å². The van der Waals surface area contributed by atoms with Crippen LogP contribution in [0.3, 0.4) is 0 Å². The van der Waals surface area contributed by atoms with E-state index in [-0.39, 0.29) is 21.7 Å². The molecule has 5 heteroatoms. The van der Waals surface area contributed by atoms with Gasteiger partial charge in [-0.15, -0.1) is 0 Å². The summed E-state index contributed by atoms with van der Waals surface area (Å²) in [5.74, 6) is -1.62. The van der Waals surface area contributed by atoms with Crippen molar-refractivity contribution in [2.24, 2.45) is 0 Å². The zero-order valence-electron chi connectivity index (χ0n) is 6.28. The van der Waals surface area contributed by atoms with Crippen LogP contribution in [-0.2, 0) is 4.74 Å². The molecule has 0 saturated carbocycles. The van der Waals surface area contributed by atoms with E-state index in [9.17, 15) is 8.78 Å². The van der Waals surface area contributed by atoms with Crippen LogP contribution >= 0.6 is 23.2 Å². The van der Waals surface area contributed by atoms with Crippen molar-refractivity contribution in [3.8, 4) is 0 Å². The van der Waals surface area contributed by atoms with E-state index in [1.54, 1.807) is 0 Å². The van der Waals surface area contributed by atoms with Crippen molar-refractivity contribution >= 4 is 23.2 Å². The highest BCUT2D eigenvalue weighted by Crippen LogP contribution is 2.41. The molecule has 1 atom stereocenters. The summed E-state index contributed by atoms with van der Waals surface area (Å²) in [6, 6.07) is 0.663. The molecule has 1 aliphatic rings. The van der Waals surface area contributed by atoms with Gasteiger partial charge in [0.2, 0.25) is 0 Å². The van der Waals surface area contributed by atoms with E-state index in [4.69, 9.17) is 27.9 Å². The Labute approximate surface area is 83.2 Å². The summed E-state index contributed by atoms with van der Waals surface area (Å²) in [6.45, 7) is 0.405. The number of hydrogen-bond acceptors (Lipinski definition) is 1. The molecule has 0 spiro atoms. The van der Waals surface area contributed by atoms with E-state index in [0.29, 0.717) is 12.7 Å². The highest BCUT2D eigenvalue weighted by atomic mass is 35.5. The summed E-state index contributed by atoms with van der Waals surface area (Å²) >= 11 is 11.2. The Morgan fingerprint density at radius 3 is 2.08 bits per heavy atom. The number of epoxide rings is 1. The van der Waals surface area contributed by atoms with Gasteiger partial charge in [0, 0.05) is 11.6 Å². The first-order chi connectivity index (χ1) is 6.11. The average Bonchev–Trinajstić information content (AvgIpc) is 2.85. The second kappa shape index (κ2) is 3.08. The largest absolute Gasteiger partial charge is 0.368 e. The van der Waals surface area contributed by atoms with Gasteiger partial charge in [-0.05, 0) is 0 Å². The maximum Gasteiger partial charge on any atom is 0.145 e. The molecule has 0 amide bonds. The lowest BCUT2D eigenvalue weighted by Crippen LogP contribution is -1.93. The van der Waals surface area contributed by atoms with Crippen molar-refractivity contribution in [3.63, 3.8) is 0 Å². The molecule has 1 saturated heterocycles. The van der Waals surface area contributed by atoms with E-state index in [0.717, 1.165) is 0 Å². The summed E-state index contributed by atoms with van der Waals surface area (Å²) < 4.78 is 30.7. The van der Waals surface area contributed by atoms with Crippen molar-refractivity contribution in [1.82, 2.24) is 0 Å². The fraction of sp³-hybridized carbons (Fsp3) is 0.250. The summed E-state index contributed by atoms with van der Waals surface area (Å²) in [5, 5.41) is -0.317. The highest BCUT2D eigenvalue weighted by Gasteiger charge is 2.32. The van der Waals surface area contributed by atoms with Gasteiger partial charge >= 0.3 is 0 Å². The quantitative estimate of drug-likeness (QED) is 0.527. The minimum atomic E-state index is -0.811. The third-order valence-electron chi connectivity index (χ3n) is 1.80. The first kappa shape index (κ1) is 9.19. The number of rotatable bonds is 1. The molecule has 13 heavy (non-hydrogen) atoms. The van der Waals surface area contributed by atoms with Gasteiger partial charge in [-0.3, -0.25) is 0 Å². The topological polar surface area (TPSA) is 12.5 Å². The van der Waals surface area contributed by atoms with Gasteiger partial charge in [0.15, 0.2) is 0 Å². The molecule has 0 aliphatic carbocycles. The Morgan fingerprint density at radius 1 is 1.23 bits per heavy atom. The summed E-state index contributed by atoms with van der Waals surface area (Å²) in [4.78, 5) is 0. The lowest BCUT2D eigenvalue weighted by Gasteiger charge is -2.05. The molecule has 1 aliphatic heterocycles. The summed E-state index contributed by atoms with van der Waals surface area (Å²) in [6.07, 6.45) is -0.356. The van der Waals surface area contributed by atoms with Crippen LogP contribution < -0.4 is 0 Å². The second-order valence-corrected chi connectivity index (χ2v) is 3.46. The molecule has 2 rings (SSSR count). The molecule has 70 valence electrons. The van der Waals surface area contributed by atoms with E-state index in [2.05, 4.69) is 0 Å². The fourth-order valence-electron chi connectivity index (χ4n) is 1.09. The highest BCUT2D eigenvalue weighted by molar-refractivity contribution is 6.36. The predicted octanol–water partition coefficient (Wildman–Crippen LogP) is 3.34. The molecule has 1 fully saturated rings. The fourth-order valence-corrected chi connectivity index (χ4v) is 1.68. The van der Waals surface area contributed by atoms with E-state index in [1.165, 1.54) is 0 Å². The van der Waals surface area contributed by atoms with Crippen molar-refractivity contribution in [1.29, 1.82) is 0 Å². The second-order valence-electron chi connectivity index (χ2n) is 2.70. The van der Waals surface area contributed by atoms with Crippen LogP contribution in [0, 0.1) is 11.6 Å². The van der Waals surface area contributed by atoms with E-state index < -0.39 is 11.6 Å². The van der Waals surface area contributed by atoms with Gasteiger partial charge in [0.25, 0.3) is 0 Å². The average molecular weight is 225 g/mol. The van der Waals surface area contributed by atoms with Crippen molar-refractivity contribution in [2.75, 3.05) is 6.61 Å². The molecular weight excluding hydrogens is 221 g/mol. The number of benzene rings is 1. The lowest BCUT2D eigenvalue weighted by molar-refractivity contribution is 0.413. The van der Waals surface area contributed by atoms with Gasteiger partial charge < -0.3 is 4.74 Å². The van der Waals surface area contributed by atoms with E-state index in [1.807, 2.05) is 0 Å². The zero-order valence-corrected chi connectivity index (χ0v) is 7.79. The number of hydrogen-bond donors (Lipinski definition) is 0. The van der Waals surface area contributed by atoms with Gasteiger partial charge in [-0.2, -0.15) is 0 Å². The Hall–Kier alpha value is -0.380. The monoisotopic (exact) mass is 224 g/mol. The first-order valence-corrected chi connectivity index (χ1v) is 4.31.